The molecule has 4 rings (SSSR count). The Kier molecular flexibility index (Phi) is 4.96. The maximum Gasteiger partial charge on any atom is 0.242 e. The van der Waals surface area contributed by atoms with Crippen LogP contribution >= 0.6 is 0 Å². The molecule has 6 heteroatoms. The van der Waals surface area contributed by atoms with Crippen molar-refractivity contribution in [1.29, 1.82) is 0 Å². The van der Waals surface area contributed by atoms with Gasteiger partial charge in [0.05, 0.1) is 11.4 Å². The van der Waals surface area contributed by atoms with Gasteiger partial charge in [-0.25, -0.2) is 9.07 Å². The lowest BCUT2D eigenvalue weighted by molar-refractivity contribution is -0.129. The minimum atomic E-state index is -0.424. The maximum atomic E-state index is 13.3. The molecule has 0 radical (unpaired) electrons. The Morgan fingerprint density at radius 1 is 1.14 bits per heavy atom. The smallest absolute Gasteiger partial charge is 0.242 e. The molecule has 1 N–H and O–H groups in total. The lowest BCUT2D eigenvalue weighted by Gasteiger charge is -2.35. The van der Waals surface area contributed by atoms with Crippen molar-refractivity contribution in [3.8, 4) is 5.69 Å². The number of amides is 1. The number of nitrogens with zero attached hydrogens (tertiary/aromatic N) is 3. The summed E-state index contributed by atoms with van der Waals surface area (Å²) in [6, 6.07) is 16.0. The molecule has 1 fully saturated rings. The molecule has 2 heterocycles. The summed E-state index contributed by atoms with van der Waals surface area (Å²) in [5.74, 6) is -0.350. The Morgan fingerprint density at radius 2 is 1.93 bits per heavy atom. The van der Waals surface area contributed by atoms with Crippen LogP contribution in [0.4, 0.5) is 4.39 Å². The first kappa shape index (κ1) is 18.4. The van der Waals surface area contributed by atoms with Crippen LogP contribution in [0.1, 0.15) is 28.6 Å². The van der Waals surface area contributed by atoms with Gasteiger partial charge in [-0.15, -0.1) is 0 Å². The van der Waals surface area contributed by atoms with Crippen molar-refractivity contribution in [2.45, 2.75) is 26.4 Å². The number of aryl methyl sites for hydroxylation is 2. The predicted octanol–water partition coefficient (Wildman–Crippen LogP) is 3.30. The van der Waals surface area contributed by atoms with Crippen molar-refractivity contribution in [2.24, 2.45) is 0 Å². The van der Waals surface area contributed by atoms with Crippen LogP contribution in [-0.2, 0) is 11.3 Å². The van der Waals surface area contributed by atoms with E-state index in [-0.39, 0.29) is 11.7 Å². The van der Waals surface area contributed by atoms with E-state index in [1.165, 1.54) is 12.1 Å². The fraction of sp³-hybridized carbons (Fsp3) is 0.273. The van der Waals surface area contributed by atoms with Gasteiger partial charge in [-0.1, -0.05) is 24.3 Å². The Balaban J connectivity index is 1.61. The minimum Gasteiger partial charge on any atom is -0.353 e. The van der Waals surface area contributed by atoms with Crippen LogP contribution in [0.15, 0.2) is 54.6 Å². The molecule has 1 aliphatic heterocycles. The number of nitrogens with one attached hydrogen (secondary N) is 1. The Hall–Kier alpha value is -2.99. The van der Waals surface area contributed by atoms with Crippen LogP contribution in [0.2, 0.25) is 0 Å². The number of benzene rings is 2. The molecule has 1 unspecified atom stereocenters. The molecular weight excluding hydrogens is 355 g/mol. The first-order valence-corrected chi connectivity index (χ1v) is 9.41. The standard InChI is InChI=1S/C22H23FN4O/c1-15-12-16(2)27(25-15)20-5-3-4-17(13-20)14-26-11-10-24-22(28)21(26)18-6-8-19(23)9-7-18/h3-9,12-13,21H,10-11,14H2,1-2H3,(H,24,28). The van der Waals surface area contributed by atoms with E-state index in [9.17, 15) is 9.18 Å². The molecule has 1 atom stereocenters. The van der Waals surface area contributed by atoms with Crippen LogP contribution in [0.3, 0.4) is 0 Å². The molecule has 5 nitrogen and oxygen atoms in total. The van der Waals surface area contributed by atoms with E-state index in [1.54, 1.807) is 12.1 Å². The number of aromatic nitrogens is 2. The molecular formula is C22H23FN4O. The molecule has 0 saturated carbocycles. The number of rotatable bonds is 4. The molecule has 0 aliphatic carbocycles. The summed E-state index contributed by atoms with van der Waals surface area (Å²) in [6.07, 6.45) is 0. The zero-order valence-electron chi connectivity index (χ0n) is 16.0. The number of halogens is 1. The van der Waals surface area contributed by atoms with E-state index >= 15 is 0 Å². The van der Waals surface area contributed by atoms with Gasteiger partial charge in [-0.3, -0.25) is 9.69 Å². The van der Waals surface area contributed by atoms with Gasteiger partial charge in [-0.2, -0.15) is 5.10 Å². The van der Waals surface area contributed by atoms with Crippen LogP contribution in [0.5, 0.6) is 0 Å². The second-order valence-electron chi connectivity index (χ2n) is 7.22. The molecule has 1 aliphatic rings. The highest BCUT2D eigenvalue weighted by molar-refractivity contribution is 5.83. The number of hydrogen-bond donors (Lipinski definition) is 1. The van der Waals surface area contributed by atoms with Gasteiger partial charge in [0.2, 0.25) is 5.91 Å². The lowest BCUT2D eigenvalue weighted by Crippen LogP contribution is -2.49. The van der Waals surface area contributed by atoms with Gasteiger partial charge in [-0.05, 0) is 55.3 Å². The van der Waals surface area contributed by atoms with Crippen molar-refractivity contribution in [1.82, 2.24) is 20.0 Å². The molecule has 1 saturated heterocycles. The zero-order valence-corrected chi connectivity index (χ0v) is 16.0. The molecule has 0 spiro atoms. The van der Waals surface area contributed by atoms with Crippen LogP contribution < -0.4 is 5.32 Å². The third kappa shape index (κ3) is 3.68. The molecule has 3 aromatic rings. The van der Waals surface area contributed by atoms with E-state index in [0.29, 0.717) is 13.1 Å². The molecule has 1 aromatic heterocycles. The third-order valence-corrected chi connectivity index (χ3v) is 5.05. The number of carbonyl (C=O) groups excluding carboxylic acids is 1. The van der Waals surface area contributed by atoms with Crippen molar-refractivity contribution >= 4 is 5.91 Å². The summed E-state index contributed by atoms with van der Waals surface area (Å²) in [7, 11) is 0. The lowest BCUT2D eigenvalue weighted by atomic mass is 10.0. The second kappa shape index (κ2) is 7.56. The molecule has 144 valence electrons. The second-order valence-corrected chi connectivity index (χ2v) is 7.22. The minimum absolute atomic E-state index is 0.0486. The Labute approximate surface area is 163 Å². The summed E-state index contributed by atoms with van der Waals surface area (Å²) >= 11 is 0. The monoisotopic (exact) mass is 378 g/mol. The number of piperazine rings is 1. The van der Waals surface area contributed by atoms with Crippen molar-refractivity contribution in [3.63, 3.8) is 0 Å². The highest BCUT2D eigenvalue weighted by Crippen LogP contribution is 2.26. The fourth-order valence-electron chi connectivity index (χ4n) is 3.80. The fourth-order valence-corrected chi connectivity index (χ4v) is 3.80. The summed E-state index contributed by atoms with van der Waals surface area (Å²) in [6.45, 7) is 5.98. The highest BCUT2D eigenvalue weighted by atomic mass is 19.1. The van der Waals surface area contributed by atoms with Crippen molar-refractivity contribution in [3.05, 3.63) is 82.9 Å². The summed E-state index contributed by atoms with van der Waals surface area (Å²) in [5.41, 5.74) is 4.96. The van der Waals surface area contributed by atoms with Gasteiger partial charge >= 0.3 is 0 Å². The van der Waals surface area contributed by atoms with E-state index in [1.807, 2.05) is 36.7 Å². The number of hydrogen-bond acceptors (Lipinski definition) is 3. The van der Waals surface area contributed by atoms with Crippen LogP contribution in [-0.4, -0.2) is 33.7 Å². The first-order valence-electron chi connectivity index (χ1n) is 9.41. The average Bonchev–Trinajstić information content (AvgIpc) is 3.01. The molecule has 2 aromatic carbocycles. The van der Waals surface area contributed by atoms with Gasteiger partial charge in [0.25, 0.3) is 0 Å². The molecule has 0 bridgehead atoms. The van der Waals surface area contributed by atoms with Gasteiger partial charge in [0.1, 0.15) is 11.9 Å². The van der Waals surface area contributed by atoms with Crippen LogP contribution in [0.25, 0.3) is 5.69 Å². The highest BCUT2D eigenvalue weighted by Gasteiger charge is 2.31. The van der Waals surface area contributed by atoms with Gasteiger partial charge in [0.15, 0.2) is 0 Å². The zero-order chi connectivity index (χ0) is 19.7. The van der Waals surface area contributed by atoms with E-state index in [4.69, 9.17) is 0 Å². The van der Waals surface area contributed by atoms with Crippen LogP contribution in [0, 0.1) is 19.7 Å². The summed E-state index contributed by atoms with van der Waals surface area (Å²) < 4.78 is 15.2. The topological polar surface area (TPSA) is 50.2 Å². The Bertz CT molecular complexity index is 996. The average molecular weight is 378 g/mol. The van der Waals surface area contributed by atoms with Crippen molar-refractivity contribution < 1.29 is 9.18 Å². The van der Waals surface area contributed by atoms with E-state index in [2.05, 4.69) is 27.4 Å². The largest absolute Gasteiger partial charge is 0.353 e. The van der Waals surface area contributed by atoms with E-state index < -0.39 is 6.04 Å². The molecule has 28 heavy (non-hydrogen) atoms. The summed E-state index contributed by atoms with van der Waals surface area (Å²) in [5, 5.41) is 7.47. The van der Waals surface area contributed by atoms with Gasteiger partial charge < -0.3 is 5.32 Å². The van der Waals surface area contributed by atoms with Gasteiger partial charge in [0, 0.05) is 25.3 Å². The third-order valence-electron chi connectivity index (χ3n) is 5.05. The summed E-state index contributed by atoms with van der Waals surface area (Å²) in [4.78, 5) is 14.7. The Morgan fingerprint density at radius 3 is 2.64 bits per heavy atom. The number of carbonyl (C=O) groups is 1. The first-order chi connectivity index (χ1) is 13.5. The predicted molar refractivity (Wildman–Crippen MR) is 106 cm³/mol. The SMILES string of the molecule is Cc1cc(C)n(-c2cccc(CN3CCNC(=O)C3c3ccc(F)cc3)c2)n1. The molecule has 1 amide bonds. The maximum absolute atomic E-state index is 13.3. The van der Waals surface area contributed by atoms with Crippen molar-refractivity contribution in [2.75, 3.05) is 13.1 Å². The quantitative estimate of drug-likeness (QED) is 0.758. The van der Waals surface area contributed by atoms with E-state index in [0.717, 1.165) is 34.7 Å². The normalized spacial score (nSPS) is 17.5.